The number of nitrogens with zero attached hydrogens (tertiary/aromatic N) is 4. The summed E-state index contributed by atoms with van der Waals surface area (Å²) in [6.45, 7) is 6.87. The molecule has 1 fully saturated rings. The summed E-state index contributed by atoms with van der Waals surface area (Å²) in [7, 11) is 0. The SMILES string of the molecule is CC(C)COc1cccc(C(=O)N2CCN(c3oc(-c4ccco4)nc3C#N)CC2)c1. The molecule has 0 bridgehead atoms. The highest BCUT2D eigenvalue weighted by Gasteiger charge is 2.27. The van der Waals surface area contributed by atoms with Gasteiger partial charge in [0.05, 0.1) is 12.9 Å². The third-order valence-electron chi connectivity index (χ3n) is 4.97. The Bertz CT molecular complexity index is 1070. The molecule has 1 aliphatic rings. The lowest BCUT2D eigenvalue weighted by molar-refractivity contribution is 0.0745. The molecule has 8 nitrogen and oxygen atoms in total. The maximum Gasteiger partial charge on any atom is 0.266 e. The second-order valence-corrected chi connectivity index (χ2v) is 7.77. The summed E-state index contributed by atoms with van der Waals surface area (Å²) in [4.78, 5) is 20.9. The van der Waals surface area contributed by atoms with Gasteiger partial charge in [0, 0.05) is 31.7 Å². The summed E-state index contributed by atoms with van der Waals surface area (Å²) >= 11 is 0. The van der Waals surface area contributed by atoms with Gasteiger partial charge in [-0.3, -0.25) is 4.79 Å². The molecular formula is C23H24N4O4. The molecule has 3 aromatic rings. The molecule has 1 amide bonds. The van der Waals surface area contributed by atoms with Crippen LogP contribution in [-0.2, 0) is 0 Å². The summed E-state index contributed by atoms with van der Waals surface area (Å²) in [5.41, 5.74) is 0.813. The van der Waals surface area contributed by atoms with Gasteiger partial charge in [0.2, 0.25) is 11.6 Å². The maximum absolute atomic E-state index is 13.0. The van der Waals surface area contributed by atoms with Gasteiger partial charge in [0.1, 0.15) is 11.8 Å². The van der Waals surface area contributed by atoms with Crippen LogP contribution in [-0.4, -0.2) is 48.6 Å². The van der Waals surface area contributed by atoms with Crippen molar-refractivity contribution in [3.8, 4) is 23.5 Å². The van der Waals surface area contributed by atoms with E-state index in [0.717, 1.165) is 0 Å². The number of anilines is 1. The van der Waals surface area contributed by atoms with Crippen molar-refractivity contribution < 1.29 is 18.4 Å². The van der Waals surface area contributed by atoms with Crippen LogP contribution in [0.2, 0.25) is 0 Å². The quantitative estimate of drug-likeness (QED) is 0.598. The summed E-state index contributed by atoms with van der Waals surface area (Å²) in [5.74, 6) is 2.22. The van der Waals surface area contributed by atoms with Gasteiger partial charge >= 0.3 is 0 Å². The number of furan rings is 1. The first-order valence-corrected chi connectivity index (χ1v) is 10.3. The van der Waals surface area contributed by atoms with Gasteiger partial charge in [-0.25, -0.2) is 0 Å². The monoisotopic (exact) mass is 420 g/mol. The van der Waals surface area contributed by atoms with Gasteiger partial charge in [0.25, 0.3) is 11.8 Å². The number of benzene rings is 1. The second kappa shape index (κ2) is 8.96. The van der Waals surface area contributed by atoms with Crippen molar-refractivity contribution >= 4 is 11.8 Å². The van der Waals surface area contributed by atoms with Gasteiger partial charge in [-0.1, -0.05) is 19.9 Å². The first-order chi connectivity index (χ1) is 15.0. The average Bonchev–Trinajstić information content (AvgIpc) is 3.47. The van der Waals surface area contributed by atoms with Crippen LogP contribution in [0.15, 0.2) is 51.5 Å². The van der Waals surface area contributed by atoms with Crippen molar-refractivity contribution in [1.29, 1.82) is 5.26 Å². The van der Waals surface area contributed by atoms with E-state index in [-0.39, 0.29) is 17.5 Å². The second-order valence-electron chi connectivity index (χ2n) is 7.77. The molecule has 0 N–H and O–H groups in total. The van der Waals surface area contributed by atoms with E-state index in [2.05, 4.69) is 24.9 Å². The lowest BCUT2D eigenvalue weighted by Gasteiger charge is -2.34. The molecule has 0 unspecified atom stereocenters. The zero-order chi connectivity index (χ0) is 21.8. The molecule has 0 atom stereocenters. The molecule has 1 saturated heterocycles. The van der Waals surface area contributed by atoms with E-state index in [1.165, 1.54) is 6.26 Å². The summed E-state index contributed by atoms with van der Waals surface area (Å²) in [6, 6.07) is 12.8. The number of aromatic nitrogens is 1. The minimum absolute atomic E-state index is 0.0380. The van der Waals surface area contributed by atoms with Crippen LogP contribution >= 0.6 is 0 Å². The van der Waals surface area contributed by atoms with Crippen molar-refractivity contribution in [1.82, 2.24) is 9.88 Å². The topological polar surface area (TPSA) is 95.7 Å². The molecule has 3 heterocycles. The molecule has 4 rings (SSSR count). The van der Waals surface area contributed by atoms with Crippen LogP contribution in [0.4, 0.5) is 5.88 Å². The molecule has 2 aromatic heterocycles. The zero-order valence-corrected chi connectivity index (χ0v) is 17.6. The summed E-state index contributed by atoms with van der Waals surface area (Å²) in [6.07, 6.45) is 1.53. The molecule has 0 saturated carbocycles. The van der Waals surface area contributed by atoms with Gasteiger partial charge in [0.15, 0.2) is 5.76 Å². The average molecular weight is 420 g/mol. The molecule has 0 spiro atoms. The predicted molar refractivity (Wildman–Crippen MR) is 114 cm³/mol. The molecule has 1 aromatic carbocycles. The highest BCUT2D eigenvalue weighted by molar-refractivity contribution is 5.94. The molecule has 0 aliphatic carbocycles. The van der Waals surface area contributed by atoms with Crippen LogP contribution in [0, 0.1) is 17.2 Å². The fourth-order valence-corrected chi connectivity index (χ4v) is 3.38. The fourth-order valence-electron chi connectivity index (χ4n) is 3.38. The minimum Gasteiger partial charge on any atom is -0.493 e. The van der Waals surface area contributed by atoms with Gasteiger partial charge in [-0.05, 0) is 36.2 Å². The Hall–Kier alpha value is -3.73. The number of rotatable bonds is 6. The van der Waals surface area contributed by atoms with Crippen molar-refractivity contribution in [2.75, 3.05) is 37.7 Å². The summed E-state index contributed by atoms with van der Waals surface area (Å²) < 4.78 is 16.9. The smallest absolute Gasteiger partial charge is 0.266 e. The predicted octanol–water partition coefficient (Wildman–Crippen LogP) is 3.80. The van der Waals surface area contributed by atoms with Gasteiger partial charge in [-0.2, -0.15) is 10.2 Å². The maximum atomic E-state index is 13.0. The molecule has 1 aliphatic heterocycles. The number of piperazine rings is 1. The van der Waals surface area contributed by atoms with Crippen molar-refractivity contribution in [2.45, 2.75) is 13.8 Å². The third-order valence-corrected chi connectivity index (χ3v) is 4.97. The number of carbonyl (C=O) groups is 1. The Labute approximate surface area is 180 Å². The first-order valence-electron chi connectivity index (χ1n) is 10.3. The number of ether oxygens (including phenoxy) is 1. The van der Waals surface area contributed by atoms with E-state index in [4.69, 9.17) is 13.6 Å². The molecule has 160 valence electrons. The number of carbonyl (C=O) groups excluding carboxylic acids is 1. The van der Waals surface area contributed by atoms with Crippen LogP contribution in [0.1, 0.15) is 29.9 Å². The number of amides is 1. The van der Waals surface area contributed by atoms with Crippen molar-refractivity contribution in [3.05, 3.63) is 53.9 Å². The highest BCUT2D eigenvalue weighted by Crippen LogP contribution is 2.29. The van der Waals surface area contributed by atoms with Crippen LogP contribution in [0.5, 0.6) is 5.75 Å². The van der Waals surface area contributed by atoms with Crippen LogP contribution in [0.3, 0.4) is 0 Å². The third kappa shape index (κ3) is 4.56. The van der Waals surface area contributed by atoms with E-state index in [9.17, 15) is 10.1 Å². The van der Waals surface area contributed by atoms with Crippen molar-refractivity contribution in [2.24, 2.45) is 5.92 Å². The Kier molecular flexibility index (Phi) is 5.94. The zero-order valence-electron chi connectivity index (χ0n) is 17.6. The van der Waals surface area contributed by atoms with E-state index in [1.54, 1.807) is 29.2 Å². The first kappa shape index (κ1) is 20.5. The highest BCUT2D eigenvalue weighted by atomic mass is 16.5. The number of hydrogen-bond acceptors (Lipinski definition) is 7. The molecular weight excluding hydrogens is 396 g/mol. The van der Waals surface area contributed by atoms with E-state index < -0.39 is 0 Å². The number of oxazole rings is 1. The fraction of sp³-hybridized carbons (Fsp3) is 0.348. The molecule has 8 heteroatoms. The Morgan fingerprint density at radius 1 is 1.23 bits per heavy atom. The van der Waals surface area contributed by atoms with E-state index >= 15 is 0 Å². The van der Waals surface area contributed by atoms with Crippen LogP contribution in [0.25, 0.3) is 11.7 Å². The van der Waals surface area contributed by atoms with Crippen molar-refractivity contribution in [3.63, 3.8) is 0 Å². The minimum atomic E-state index is -0.0380. The van der Waals surface area contributed by atoms with Gasteiger partial charge in [-0.15, -0.1) is 0 Å². The molecule has 0 radical (unpaired) electrons. The van der Waals surface area contributed by atoms with E-state index in [0.29, 0.717) is 61.7 Å². The number of nitriles is 1. The largest absolute Gasteiger partial charge is 0.493 e. The lowest BCUT2D eigenvalue weighted by Crippen LogP contribution is -2.48. The molecule has 31 heavy (non-hydrogen) atoms. The number of hydrogen-bond donors (Lipinski definition) is 0. The lowest BCUT2D eigenvalue weighted by atomic mass is 10.1. The Balaban J connectivity index is 1.42. The summed E-state index contributed by atoms with van der Waals surface area (Å²) in [5, 5.41) is 9.45. The van der Waals surface area contributed by atoms with E-state index in [1.807, 2.05) is 17.0 Å². The Morgan fingerprint density at radius 3 is 2.71 bits per heavy atom. The van der Waals surface area contributed by atoms with Crippen LogP contribution < -0.4 is 9.64 Å². The normalized spacial score (nSPS) is 14.0. The Morgan fingerprint density at radius 2 is 2.03 bits per heavy atom. The standard InChI is InChI=1S/C23H24N4O4/c1-16(2)15-30-18-6-3-5-17(13-18)22(28)26-8-10-27(11-9-26)23-19(14-24)25-21(31-23)20-7-4-12-29-20/h3-7,12-13,16H,8-11,15H2,1-2H3. The van der Waals surface area contributed by atoms with Gasteiger partial charge < -0.3 is 23.4 Å².